The van der Waals surface area contributed by atoms with Crippen LogP contribution in [0.2, 0.25) is 0 Å². The van der Waals surface area contributed by atoms with Crippen LogP contribution < -0.4 is 4.90 Å². The summed E-state index contributed by atoms with van der Waals surface area (Å²) in [4.78, 5) is 19.3. The molecular formula is C18H15N3O. The number of para-hydroxylation sites is 4. The highest BCUT2D eigenvalue weighted by Crippen LogP contribution is 2.49. The number of hydrogen-bond acceptors (Lipinski definition) is 2. The second-order valence-electron chi connectivity index (χ2n) is 6.25. The summed E-state index contributed by atoms with van der Waals surface area (Å²) in [5.74, 6) is 1.16. The van der Waals surface area contributed by atoms with Crippen molar-refractivity contribution in [2.75, 3.05) is 4.90 Å². The van der Waals surface area contributed by atoms with Crippen LogP contribution in [-0.4, -0.2) is 15.5 Å². The van der Waals surface area contributed by atoms with Gasteiger partial charge >= 0.3 is 0 Å². The first kappa shape index (κ1) is 12.0. The number of aromatic nitrogens is 2. The lowest BCUT2D eigenvalue weighted by Crippen LogP contribution is -2.46. The average molecular weight is 289 g/mol. The van der Waals surface area contributed by atoms with Crippen molar-refractivity contribution in [3.63, 3.8) is 0 Å². The second-order valence-corrected chi connectivity index (χ2v) is 6.25. The van der Waals surface area contributed by atoms with E-state index in [1.807, 2.05) is 41.3 Å². The predicted octanol–water partition coefficient (Wildman–Crippen LogP) is 3.38. The van der Waals surface area contributed by atoms with Crippen molar-refractivity contribution in [1.29, 1.82) is 0 Å². The third kappa shape index (κ3) is 1.24. The van der Waals surface area contributed by atoms with Gasteiger partial charge in [0, 0.05) is 6.42 Å². The number of carbonyl (C=O) groups excluding carboxylic acids is 1. The van der Waals surface area contributed by atoms with Crippen LogP contribution in [0, 0.1) is 0 Å². The highest BCUT2D eigenvalue weighted by atomic mass is 16.2. The number of rotatable bonds is 0. The van der Waals surface area contributed by atoms with Crippen molar-refractivity contribution < 1.29 is 4.79 Å². The van der Waals surface area contributed by atoms with Gasteiger partial charge in [0.2, 0.25) is 5.91 Å². The largest absolute Gasteiger partial charge is 0.297 e. The summed E-state index contributed by atoms with van der Waals surface area (Å²) in [5, 5.41) is 0. The number of imidazole rings is 1. The molecule has 2 aliphatic rings. The molecular weight excluding hydrogens is 274 g/mol. The Hall–Kier alpha value is -2.62. The van der Waals surface area contributed by atoms with Crippen LogP contribution in [0.4, 0.5) is 5.69 Å². The van der Waals surface area contributed by atoms with Crippen LogP contribution in [0.15, 0.2) is 48.5 Å². The molecule has 0 spiro atoms. The Bertz CT molecular complexity index is 942. The fourth-order valence-corrected chi connectivity index (χ4v) is 3.93. The van der Waals surface area contributed by atoms with Crippen LogP contribution in [0.3, 0.4) is 0 Å². The quantitative estimate of drug-likeness (QED) is 0.636. The number of hydrogen-bond donors (Lipinski definition) is 0. The number of fused-ring (bicyclic) bond motifs is 8. The van der Waals surface area contributed by atoms with Crippen molar-refractivity contribution in [1.82, 2.24) is 9.55 Å². The Morgan fingerprint density at radius 3 is 2.64 bits per heavy atom. The zero-order chi connectivity index (χ0) is 14.9. The van der Waals surface area contributed by atoms with Gasteiger partial charge in [0.05, 0.1) is 22.4 Å². The van der Waals surface area contributed by atoms with E-state index in [1.54, 1.807) is 0 Å². The van der Waals surface area contributed by atoms with E-state index in [9.17, 15) is 4.79 Å². The maximum atomic E-state index is 12.5. The second kappa shape index (κ2) is 3.77. The fourth-order valence-electron chi connectivity index (χ4n) is 3.93. The van der Waals surface area contributed by atoms with Crippen molar-refractivity contribution in [2.45, 2.75) is 25.3 Å². The Morgan fingerprint density at radius 1 is 1.05 bits per heavy atom. The van der Waals surface area contributed by atoms with E-state index < -0.39 is 0 Å². The molecule has 1 saturated heterocycles. The fraction of sp³-hybridized carbons (Fsp3) is 0.222. The maximum Gasteiger partial charge on any atom is 0.228 e. The summed E-state index contributed by atoms with van der Waals surface area (Å²) in [5.41, 5.74) is 3.76. The highest BCUT2D eigenvalue weighted by molar-refractivity contribution is 6.01. The Labute approximate surface area is 128 Å². The lowest BCUT2D eigenvalue weighted by Gasteiger charge is -2.40. The molecule has 1 fully saturated rings. The number of carbonyl (C=O) groups is 1. The average Bonchev–Trinajstić information content (AvgIpc) is 3.07. The van der Waals surface area contributed by atoms with Gasteiger partial charge < -0.3 is 0 Å². The van der Waals surface area contributed by atoms with Gasteiger partial charge in [-0.2, -0.15) is 0 Å². The molecule has 3 heterocycles. The number of anilines is 1. The molecule has 0 N–H and O–H groups in total. The van der Waals surface area contributed by atoms with E-state index in [2.05, 4.69) is 23.6 Å². The van der Waals surface area contributed by atoms with E-state index in [4.69, 9.17) is 4.98 Å². The molecule has 1 aromatic heterocycles. The number of benzene rings is 2. The smallest absolute Gasteiger partial charge is 0.228 e. The predicted molar refractivity (Wildman–Crippen MR) is 85.1 cm³/mol. The zero-order valence-corrected chi connectivity index (χ0v) is 12.3. The van der Waals surface area contributed by atoms with Crippen LogP contribution in [0.25, 0.3) is 16.7 Å². The minimum Gasteiger partial charge on any atom is -0.297 e. The van der Waals surface area contributed by atoms with E-state index in [0.29, 0.717) is 6.42 Å². The molecule has 4 nitrogen and oxygen atoms in total. The standard InChI is InChI=1S/C18H15N3O/c1-18-11-10-16(22)21(18)15-9-5-4-8-14(15)20-13-7-3-2-6-12(13)19-17(18)20/h2-9H,10-11H2,1H3. The van der Waals surface area contributed by atoms with Gasteiger partial charge in [-0.05, 0) is 37.6 Å². The van der Waals surface area contributed by atoms with Gasteiger partial charge in [-0.15, -0.1) is 0 Å². The third-order valence-electron chi connectivity index (χ3n) is 4.97. The molecule has 2 aliphatic heterocycles. The summed E-state index contributed by atoms with van der Waals surface area (Å²) < 4.78 is 2.22. The maximum absolute atomic E-state index is 12.5. The molecule has 1 atom stereocenters. The van der Waals surface area contributed by atoms with Crippen LogP contribution in [0.1, 0.15) is 25.6 Å². The first-order chi connectivity index (χ1) is 10.7. The Kier molecular flexibility index (Phi) is 2.05. The topological polar surface area (TPSA) is 38.1 Å². The number of amides is 1. The molecule has 0 saturated carbocycles. The molecule has 108 valence electrons. The Balaban J connectivity index is 1.97. The molecule has 0 bridgehead atoms. The Morgan fingerprint density at radius 2 is 1.77 bits per heavy atom. The van der Waals surface area contributed by atoms with Gasteiger partial charge in [-0.25, -0.2) is 4.98 Å². The summed E-state index contributed by atoms with van der Waals surface area (Å²) in [7, 11) is 0. The monoisotopic (exact) mass is 289 g/mol. The summed E-state index contributed by atoms with van der Waals surface area (Å²) in [6.45, 7) is 2.13. The summed E-state index contributed by atoms with van der Waals surface area (Å²) in [6.07, 6.45) is 1.39. The molecule has 1 unspecified atom stereocenters. The van der Waals surface area contributed by atoms with Crippen molar-refractivity contribution >= 4 is 22.6 Å². The summed E-state index contributed by atoms with van der Waals surface area (Å²) in [6, 6.07) is 16.3. The van der Waals surface area contributed by atoms with Crippen LogP contribution in [0.5, 0.6) is 0 Å². The van der Waals surface area contributed by atoms with Gasteiger partial charge in [0.15, 0.2) is 0 Å². The minimum atomic E-state index is -0.357. The normalized spacial score (nSPS) is 22.6. The minimum absolute atomic E-state index is 0.188. The van der Waals surface area contributed by atoms with Crippen LogP contribution >= 0.6 is 0 Å². The lowest BCUT2D eigenvalue weighted by atomic mass is 9.94. The van der Waals surface area contributed by atoms with E-state index in [1.165, 1.54) is 0 Å². The SMILES string of the molecule is CC12CCC(=O)N1c1ccccc1-n1c2nc2ccccc21. The molecule has 3 aromatic rings. The van der Waals surface area contributed by atoms with E-state index >= 15 is 0 Å². The van der Waals surface area contributed by atoms with Gasteiger partial charge in [-0.3, -0.25) is 14.3 Å². The van der Waals surface area contributed by atoms with E-state index in [-0.39, 0.29) is 11.4 Å². The first-order valence-electron chi connectivity index (χ1n) is 7.60. The van der Waals surface area contributed by atoms with Gasteiger partial charge in [-0.1, -0.05) is 24.3 Å². The van der Waals surface area contributed by atoms with Crippen LogP contribution in [-0.2, 0) is 10.3 Å². The molecule has 1 amide bonds. The zero-order valence-electron chi connectivity index (χ0n) is 12.3. The van der Waals surface area contributed by atoms with Gasteiger partial charge in [0.25, 0.3) is 0 Å². The molecule has 0 radical (unpaired) electrons. The summed E-state index contributed by atoms with van der Waals surface area (Å²) >= 11 is 0. The number of nitrogens with zero attached hydrogens (tertiary/aromatic N) is 3. The molecule has 4 heteroatoms. The van der Waals surface area contributed by atoms with Crippen molar-refractivity contribution in [3.8, 4) is 5.69 Å². The van der Waals surface area contributed by atoms with Crippen molar-refractivity contribution in [2.24, 2.45) is 0 Å². The molecule has 22 heavy (non-hydrogen) atoms. The van der Waals surface area contributed by atoms with Gasteiger partial charge in [0.1, 0.15) is 11.4 Å². The highest BCUT2D eigenvalue weighted by Gasteiger charge is 2.50. The third-order valence-corrected chi connectivity index (χ3v) is 4.97. The lowest BCUT2D eigenvalue weighted by molar-refractivity contribution is -0.117. The molecule has 5 rings (SSSR count). The van der Waals surface area contributed by atoms with Crippen molar-refractivity contribution in [3.05, 3.63) is 54.4 Å². The first-order valence-corrected chi connectivity index (χ1v) is 7.60. The van der Waals surface area contributed by atoms with E-state index in [0.717, 1.165) is 34.7 Å². The molecule has 0 aliphatic carbocycles. The molecule has 2 aromatic carbocycles.